The molecule has 2 aliphatic rings. The summed E-state index contributed by atoms with van der Waals surface area (Å²) in [7, 11) is 0. The number of piperazine rings is 1. The summed E-state index contributed by atoms with van der Waals surface area (Å²) in [5.74, 6) is -0.450. The van der Waals surface area contributed by atoms with Crippen LogP contribution in [0, 0.1) is 5.82 Å². The van der Waals surface area contributed by atoms with Gasteiger partial charge in [-0.25, -0.2) is 9.18 Å². The summed E-state index contributed by atoms with van der Waals surface area (Å²) < 4.78 is 13.9. The van der Waals surface area contributed by atoms with E-state index in [1.54, 1.807) is 6.07 Å². The second-order valence-corrected chi connectivity index (χ2v) is 5.41. The molecule has 2 amide bonds. The quantitative estimate of drug-likeness (QED) is 0.858. The Labute approximate surface area is 117 Å². The zero-order valence-corrected chi connectivity index (χ0v) is 11.3. The van der Waals surface area contributed by atoms with Gasteiger partial charge in [-0.15, -0.1) is 0 Å². The van der Waals surface area contributed by atoms with Gasteiger partial charge in [0.25, 0.3) is 0 Å². The fourth-order valence-electron chi connectivity index (χ4n) is 3.03. The minimum Gasteiger partial charge on any atom is -0.508 e. The van der Waals surface area contributed by atoms with Gasteiger partial charge in [0.2, 0.25) is 0 Å². The van der Waals surface area contributed by atoms with Crippen LogP contribution in [0.1, 0.15) is 18.5 Å². The molecule has 0 radical (unpaired) electrons. The summed E-state index contributed by atoms with van der Waals surface area (Å²) >= 11 is 0. The van der Waals surface area contributed by atoms with Gasteiger partial charge in [-0.1, -0.05) is 6.07 Å². The van der Waals surface area contributed by atoms with E-state index in [9.17, 15) is 14.3 Å². The van der Waals surface area contributed by atoms with Crippen LogP contribution in [-0.2, 0) is 0 Å². The van der Waals surface area contributed by atoms with E-state index in [-0.39, 0.29) is 29.7 Å². The van der Waals surface area contributed by atoms with Crippen molar-refractivity contribution in [3.05, 3.63) is 29.6 Å². The first-order valence-electron chi connectivity index (χ1n) is 6.83. The van der Waals surface area contributed by atoms with Gasteiger partial charge in [0.1, 0.15) is 11.6 Å². The average molecular weight is 279 g/mol. The molecule has 0 aliphatic carbocycles. The Bertz CT molecular complexity index is 537. The highest BCUT2D eigenvalue weighted by atomic mass is 19.1. The predicted octanol–water partition coefficient (Wildman–Crippen LogP) is 1.30. The maximum absolute atomic E-state index is 13.9. The highest BCUT2D eigenvalue weighted by Gasteiger charge is 2.37. The van der Waals surface area contributed by atoms with Crippen molar-refractivity contribution >= 4 is 6.03 Å². The molecule has 1 aromatic rings. The minimum atomic E-state index is -0.388. The Morgan fingerprint density at radius 2 is 2.25 bits per heavy atom. The summed E-state index contributed by atoms with van der Waals surface area (Å²) in [5.41, 5.74) is 0.577. The summed E-state index contributed by atoms with van der Waals surface area (Å²) in [5, 5.41) is 12.1. The Balaban J connectivity index is 1.75. The van der Waals surface area contributed by atoms with Gasteiger partial charge < -0.3 is 15.3 Å². The normalized spacial score (nSPS) is 24.4. The standard InChI is InChI=1S/C14H18FN3O2/c1-9(12-3-2-11(19)6-13(12)15)17-4-5-18-10(8-17)7-16-14(18)20/h2-3,6,9-10,19H,4-5,7-8H2,1H3,(H,16,20). The molecule has 0 aromatic heterocycles. The minimum absolute atomic E-state index is 0.00174. The van der Waals surface area contributed by atoms with E-state index < -0.39 is 0 Å². The number of nitrogens with zero attached hydrogens (tertiary/aromatic N) is 2. The third-order valence-corrected chi connectivity index (χ3v) is 4.25. The third-order valence-electron chi connectivity index (χ3n) is 4.25. The number of carbonyl (C=O) groups excluding carboxylic acids is 1. The van der Waals surface area contributed by atoms with Crippen LogP contribution in [0.25, 0.3) is 0 Å². The van der Waals surface area contributed by atoms with Gasteiger partial charge in [-0.2, -0.15) is 0 Å². The number of fused-ring (bicyclic) bond motifs is 1. The van der Waals surface area contributed by atoms with Gasteiger partial charge in [0.15, 0.2) is 0 Å². The number of benzene rings is 1. The Morgan fingerprint density at radius 1 is 1.45 bits per heavy atom. The highest BCUT2D eigenvalue weighted by Crippen LogP contribution is 2.28. The van der Waals surface area contributed by atoms with E-state index in [2.05, 4.69) is 10.2 Å². The van der Waals surface area contributed by atoms with Crippen molar-refractivity contribution in [3.63, 3.8) is 0 Å². The number of amides is 2. The van der Waals surface area contributed by atoms with Crippen molar-refractivity contribution in [2.24, 2.45) is 0 Å². The number of aromatic hydroxyl groups is 1. The number of hydrogen-bond donors (Lipinski definition) is 2. The fraction of sp³-hybridized carbons (Fsp3) is 0.500. The molecule has 2 unspecified atom stereocenters. The van der Waals surface area contributed by atoms with E-state index in [4.69, 9.17) is 0 Å². The zero-order chi connectivity index (χ0) is 14.3. The molecule has 2 saturated heterocycles. The van der Waals surface area contributed by atoms with Crippen LogP contribution in [0.15, 0.2) is 18.2 Å². The van der Waals surface area contributed by atoms with Gasteiger partial charge >= 0.3 is 6.03 Å². The van der Waals surface area contributed by atoms with E-state index in [1.165, 1.54) is 6.07 Å². The van der Waals surface area contributed by atoms with E-state index in [0.717, 1.165) is 19.2 Å². The topological polar surface area (TPSA) is 55.8 Å². The SMILES string of the molecule is CC(c1ccc(O)cc1F)N1CCN2C(=O)NCC2C1. The van der Waals surface area contributed by atoms with E-state index in [1.807, 2.05) is 11.8 Å². The van der Waals surface area contributed by atoms with Crippen molar-refractivity contribution in [1.82, 2.24) is 15.1 Å². The summed E-state index contributed by atoms with van der Waals surface area (Å²) in [4.78, 5) is 15.6. The molecule has 2 aliphatic heterocycles. The summed E-state index contributed by atoms with van der Waals surface area (Å²) in [6.07, 6.45) is 0. The van der Waals surface area contributed by atoms with Crippen molar-refractivity contribution < 1.29 is 14.3 Å². The number of phenols is 1. The molecule has 20 heavy (non-hydrogen) atoms. The van der Waals surface area contributed by atoms with Gasteiger partial charge in [-0.3, -0.25) is 4.90 Å². The lowest BCUT2D eigenvalue weighted by molar-refractivity contribution is 0.0926. The number of rotatable bonds is 2. The monoisotopic (exact) mass is 279 g/mol. The largest absolute Gasteiger partial charge is 0.508 e. The van der Waals surface area contributed by atoms with Gasteiger partial charge in [0.05, 0.1) is 6.04 Å². The molecule has 0 bridgehead atoms. The second-order valence-electron chi connectivity index (χ2n) is 5.41. The third kappa shape index (κ3) is 2.20. The molecule has 6 heteroatoms. The number of halogens is 1. The maximum Gasteiger partial charge on any atom is 0.317 e. The van der Waals surface area contributed by atoms with Crippen molar-refractivity contribution in [1.29, 1.82) is 0 Å². The smallest absolute Gasteiger partial charge is 0.317 e. The summed E-state index contributed by atoms with van der Waals surface area (Å²) in [6.45, 7) is 4.74. The molecule has 2 N–H and O–H groups in total. The zero-order valence-electron chi connectivity index (χ0n) is 11.3. The molecule has 2 heterocycles. The van der Waals surface area contributed by atoms with Crippen molar-refractivity contribution in [2.75, 3.05) is 26.2 Å². The lowest BCUT2D eigenvalue weighted by atomic mass is 10.0. The Hall–Kier alpha value is -1.82. The highest BCUT2D eigenvalue weighted by molar-refractivity contribution is 5.77. The van der Waals surface area contributed by atoms with Crippen molar-refractivity contribution in [2.45, 2.75) is 19.0 Å². The molecule has 2 fully saturated rings. The number of hydrogen-bond acceptors (Lipinski definition) is 3. The van der Waals surface area contributed by atoms with Crippen molar-refractivity contribution in [3.8, 4) is 5.75 Å². The molecular weight excluding hydrogens is 261 g/mol. The van der Waals surface area contributed by atoms with Crippen LogP contribution in [0.3, 0.4) is 0 Å². The van der Waals surface area contributed by atoms with Crippen LogP contribution in [0.4, 0.5) is 9.18 Å². The number of urea groups is 1. The molecule has 2 atom stereocenters. The van der Waals surface area contributed by atoms with Gasteiger partial charge in [-0.05, 0) is 13.0 Å². The fourth-order valence-corrected chi connectivity index (χ4v) is 3.03. The average Bonchev–Trinajstić information content (AvgIpc) is 2.79. The lowest BCUT2D eigenvalue weighted by Crippen LogP contribution is -2.52. The van der Waals surface area contributed by atoms with E-state index in [0.29, 0.717) is 18.7 Å². The molecule has 1 aromatic carbocycles. The van der Waals surface area contributed by atoms with Crippen LogP contribution in [0.2, 0.25) is 0 Å². The molecule has 0 saturated carbocycles. The number of carbonyl (C=O) groups is 1. The maximum atomic E-state index is 13.9. The Morgan fingerprint density at radius 3 is 3.00 bits per heavy atom. The van der Waals surface area contributed by atoms with Crippen LogP contribution < -0.4 is 5.32 Å². The first-order valence-corrected chi connectivity index (χ1v) is 6.83. The first kappa shape index (κ1) is 13.2. The molecule has 0 spiro atoms. The molecular formula is C14H18FN3O2. The van der Waals surface area contributed by atoms with Crippen LogP contribution >= 0.6 is 0 Å². The Kier molecular flexibility index (Phi) is 3.25. The van der Waals surface area contributed by atoms with Crippen LogP contribution in [0.5, 0.6) is 5.75 Å². The second kappa shape index (κ2) is 4.94. The molecule has 108 valence electrons. The van der Waals surface area contributed by atoms with Gasteiger partial charge in [0, 0.05) is 43.9 Å². The van der Waals surface area contributed by atoms with E-state index >= 15 is 0 Å². The molecule has 3 rings (SSSR count). The summed E-state index contributed by atoms with van der Waals surface area (Å²) in [6, 6.07) is 4.36. The lowest BCUT2D eigenvalue weighted by Gasteiger charge is -2.39. The predicted molar refractivity (Wildman–Crippen MR) is 71.9 cm³/mol. The van der Waals surface area contributed by atoms with Crippen LogP contribution in [-0.4, -0.2) is 53.2 Å². The first-order chi connectivity index (χ1) is 9.56. The number of nitrogens with one attached hydrogen (secondary N) is 1. The number of phenolic OH excluding ortho intramolecular Hbond substituents is 1. The molecule has 5 nitrogen and oxygen atoms in total.